The number of hydrogen-bond donors (Lipinski definition) is 0. The average Bonchev–Trinajstić information content (AvgIpc) is 2.46. The van der Waals surface area contributed by atoms with Crippen molar-refractivity contribution in [2.24, 2.45) is 0 Å². The smallest absolute Gasteiger partial charge is 0.0717 e. The first-order chi connectivity index (χ1) is 9.29. The molecule has 0 fully saturated rings. The van der Waals surface area contributed by atoms with E-state index in [1.165, 1.54) is 16.7 Å². The minimum Gasteiger partial charge on any atom is -0.376 e. The van der Waals surface area contributed by atoms with Gasteiger partial charge < -0.3 is 4.74 Å². The maximum atomic E-state index is 6.04. The predicted molar refractivity (Wildman–Crippen MR) is 80.7 cm³/mol. The molecule has 2 heteroatoms. The molecule has 2 aromatic rings. The zero-order valence-electron chi connectivity index (χ0n) is 11.2. The Balaban J connectivity index is 1.87. The molecule has 1 nitrogen and oxygen atoms in total. The SMILES string of the molecule is Cc1ccc(C(CCl)COCc2ccccc2)cc1. The van der Waals surface area contributed by atoms with Gasteiger partial charge in [0.25, 0.3) is 0 Å². The summed E-state index contributed by atoms with van der Waals surface area (Å²) in [7, 11) is 0. The van der Waals surface area contributed by atoms with Crippen LogP contribution in [0.4, 0.5) is 0 Å². The molecule has 1 atom stereocenters. The standard InChI is InChI=1S/C17H19ClO/c1-14-7-9-16(10-8-14)17(11-18)13-19-12-15-5-3-2-4-6-15/h2-10,17H,11-13H2,1H3. The van der Waals surface area contributed by atoms with Gasteiger partial charge in [0, 0.05) is 11.8 Å². The minimum atomic E-state index is 0.256. The summed E-state index contributed by atoms with van der Waals surface area (Å²) in [5.41, 5.74) is 3.70. The van der Waals surface area contributed by atoms with E-state index in [0.717, 1.165) is 0 Å². The molecular formula is C17H19ClO. The van der Waals surface area contributed by atoms with E-state index in [9.17, 15) is 0 Å². The fourth-order valence-corrected chi connectivity index (χ4v) is 2.23. The average molecular weight is 275 g/mol. The summed E-state index contributed by atoms with van der Waals surface area (Å²) in [5, 5.41) is 0. The van der Waals surface area contributed by atoms with Crippen LogP contribution in [0, 0.1) is 6.92 Å². The van der Waals surface area contributed by atoms with E-state index in [-0.39, 0.29) is 5.92 Å². The van der Waals surface area contributed by atoms with Gasteiger partial charge in [0.1, 0.15) is 0 Å². The van der Waals surface area contributed by atoms with Crippen LogP contribution in [0.3, 0.4) is 0 Å². The van der Waals surface area contributed by atoms with Crippen LogP contribution in [0.2, 0.25) is 0 Å². The topological polar surface area (TPSA) is 9.23 Å². The fourth-order valence-electron chi connectivity index (χ4n) is 1.96. The van der Waals surface area contributed by atoms with Gasteiger partial charge in [-0.3, -0.25) is 0 Å². The second-order valence-electron chi connectivity index (χ2n) is 4.76. The maximum absolute atomic E-state index is 6.04. The van der Waals surface area contributed by atoms with Crippen molar-refractivity contribution in [3.05, 3.63) is 71.3 Å². The summed E-state index contributed by atoms with van der Waals surface area (Å²) in [6.45, 7) is 3.38. The summed E-state index contributed by atoms with van der Waals surface area (Å²) in [6, 6.07) is 18.7. The number of benzene rings is 2. The molecule has 0 aliphatic heterocycles. The molecule has 2 aromatic carbocycles. The van der Waals surface area contributed by atoms with Crippen LogP contribution < -0.4 is 0 Å². The Morgan fingerprint density at radius 1 is 1.00 bits per heavy atom. The number of rotatable bonds is 6. The molecule has 0 aliphatic carbocycles. The van der Waals surface area contributed by atoms with Gasteiger partial charge in [-0.25, -0.2) is 0 Å². The van der Waals surface area contributed by atoms with Crippen LogP contribution in [-0.2, 0) is 11.3 Å². The number of hydrogen-bond acceptors (Lipinski definition) is 1. The zero-order valence-corrected chi connectivity index (χ0v) is 11.9. The van der Waals surface area contributed by atoms with Gasteiger partial charge in [0.2, 0.25) is 0 Å². The number of ether oxygens (including phenoxy) is 1. The van der Waals surface area contributed by atoms with Gasteiger partial charge in [-0.2, -0.15) is 0 Å². The summed E-state index contributed by atoms with van der Waals surface area (Å²) in [5.74, 6) is 0.837. The lowest BCUT2D eigenvalue weighted by Crippen LogP contribution is -2.09. The monoisotopic (exact) mass is 274 g/mol. The largest absolute Gasteiger partial charge is 0.376 e. The van der Waals surface area contributed by atoms with Gasteiger partial charge in [-0.15, -0.1) is 11.6 Å². The van der Waals surface area contributed by atoms with Crippen molar-refractivity contribution in [1.82, 2.24) is 0 Å². The van der Waals surface area contributed by atoms with Gasteiger partial charge in [0.15, 0.2) is 0 Å². The van der Waals surface area contributed by atoms with E-state index in [2.05, 4.69) is 43.3 Å². The zero-order chi connectivity index (χ0) is 13.5. The summed E-state index contributed by atoms with van der Waals surface area (Å²) < 4.78 is 5.77. The quantitative estimate of drug-likeness (QED) is 0.703. The van der Waals surface area contributed by atoms with E-state index >= 15 is 0 Å². The molecule has 0 amide bonds. The fraction of sp³-hybridized carbons (Fsp3) is 0.294. The van der Waals surface area contributed by atoms with Crippen molar-refractivity contribution in [2.75, 3.05) is 12.5 Å². The highest BCUT2D eigenvalue weighted by molar-refractivity contribution is 6.18. The van der Waals surface area contributed by atoms with E-state index in [0.29, 0.717) is 19.1 Å². The maximum Gasteiger partial charge on any atom is 0.0717 e. The van der Waals surface area contributed by atoms with Crippen LogP contribution in [0.5, 0.6) is 0 Å². The van der Waals surface area contributed by atoms with Crippen molar-refractivity contribution < 1.29 is 4.74 Å². The second kappa shape index (κ2) is 7.32. The Kier molecular flexibility index (Phi) is 5.44. The number of halogens is 1. The van der Waals surface area contributed by atoms with Crippen molar-refractivity contribution in [1.29, 1.82) is 0 Å². The molecule has 0 saturated carbocycles. The van der Waals surface area contributed by atoms with Gasteiger partial charge in [-0.1, -0.05) is 60.2 Å². The van der Waals surface area contributed by atoms with E-state index < -0.39 is 0 Å². The van der Waals surface area contributed by atoms with Gasteiger partial charge >= 0.3 is 0 Å². The molecule has 19 heavy (non-hydrogen) atoms. The molecular weight excluding hydrogens is 256 g/mol. The Hall–Kier alpha value is -1.31. The van der Waals surface area contributed by atoms with Gasteiger partial charge in [0.05, 0.1) is 13.2 Å². The lowest BCUT2D eigenvalue weighted by molar-refractivity contribution is 0.111. The molecule has 0 bridgehead atoms. The highest BCUT2D eigenvalue weighted by Gasteiger charge is 2.10. The highest BCUT2D eigenvalue weighted by Crippen LogP contribution is 2.19. The third-order valence-corrected chi connectivity index (χ3v) is 3.54. The molecule has 1 unspecified atom stereocenters. The number of aryl methyl sites for hydroxylation is 1. The molecule has 0 saturated heterocycles. The van der Waals surface area contributed by atoms with E-state index in [1.54, 1.807) is 0 Å². The molecule has 0 radical (unpaired) electrons. The van der Waals surface area contributed by atoms with Crippen molar-refractivity contribution in [3.8, 4) is 0 Å². The molecule has 100 valence electrons. The Morgan fingerprint density at radius 2 is 1.68 bits per heavy atom. The van der Waals surface area contributed by atoms with Crippen LogP contribution in [0.15, 0.2) is 54.6 Å². The lowest BCUT2D eigenvalue weighted by Gasteiger charge is -2.15. The minimum absolute atomic E-state index is 0.256. The summed E-state index contributed by atoms with van der Waals surface area (Å²) in [6.07, 6.45) is 0. The lowest BCUT2D eigenvalue weighted by atomic mass is 10.0. The third-order valence-electron chi connectivity index (χ3n) is 3.17. The molecule has 0 N–H and O–H groups in total. The second-order valence-corrected chi connectivity index (χ2v) is 5.07. The van der Waals surface area contributed by atoms with Crippen LogP contribution in [0.1, 0.15) is 22.6 Å². The first kappa shape index (κ1) is 14.1. The molecule has 0 heterocycles. The van der Waals surface area contributed by atoms with Crippen molar-refractivity contribution in [3.63, 3.8) is 0 Å². The predicted octanol–water partition coefficient (Wildman–Crippen LogP) is 4.53. The molecule has 2 rings (SSSR count). The van der Waals surface area contributed by atoms with Gasteiger partial charge in [-0.05, 0) is 18.1 Å². The van der Waals surface area contributed by atoms with Crippen molar-refractivity contribution >= 4 is 11.6 Å². The summed E-state index contributed by atoms with van der Waals surface area (Å²) >= 11 is 6.04. The Morgan fingerprint density at radius 3 is 2.32 bits per heavy atom. The first-order valence-electron chi connectivity index (χ1n) is 6.54. The Labute approximate surface area is 120 Å². The normalized spacial score (nSPS) is 12.3. The highest BCUT2D eigenvalue weighted by atomic mass is 35.5. The number of alkyl halides is 1. The van der Waals surface area contributed by atoms with Crippen LogP contribution in [-0.4, -0.2) is 12.5 Å². The van der Waals surface area contributed by atoms with Crippen LogP contribution >= 0.6 is 11.6 Å². The Bertz CT molecular complexity index is 478. The third kappa shape index (κ3) is 4.38. The van der Waals surface area contributed by atoms with E-state index in [1.807, 2.05) is 18.2 Å². The van der Waals surface area contributed by atoms with Crippen molar-refractivity contribution in [2.45, 2.75) is 19.4 Å². The van der Waals surface area contributed by atoms with Crippen LogP contribution in [0.25, 0.3) is 0 Å². The first-order valence-corrected chi connectivity index (χ1v) is 7.07. The van der Waals surface area contributed by atoms with E-state index in [4.69, 9.17) is 16.3 Å². The molecule has 0 spiro atoms. The molecule has 0 aliphatic rings. The summed E-state index contributed by atoms with van der Waals surface area (Å²) in [4.78, 5) is 0. The molecule has 0 aromatic heterocycles.